The van der Waals surface area contributed by atoms with Crippen molar-refractivity contribution in [2.75, 3.05) is 0 Å². The average Bonchev–Trinajstić information content (AvgIpc) is 3.05. The van der Waals surface area contributed by atoms with Gasteiger partial charge in [-0.05, 0) is 96.3 Å². The molecule has 0 aromatic rings. The van der Waals surface area contributed by atoms with Gasteiger partial charge in [-0.2, -0.15) is 0 Å². The van der Waals surface area contributed by atoms with Crippen molar-refractivity contribution in [1.29, 1.82) is 0 Å². The first-order chi connectivity index (χ1) is 18.3. The summed E-state index contributed by atoms with van der Waals surface area (Å²) < 4.78 is 32.6. The second kappa shape index (κ2) is 14.5. The molecule has 1 fully saturated rings. The van der Waals surface area contributed by atoms with E-state index in [1.807, 2.05) is 6.08 Å². The summed E-state index contributed by atoms with van der Waals surface area (Å²) in [6, 6.07) is 1.89. The topological polar surface area (TPSA) is 80.3 Å². The van der Waals surface area contributed by atoms with Gasteiger partial charge in [0, 0.05) is 0 Å². The van der Waals surface area contributed by atoms with Crippen LogP contribution in [0.2, 0.25) is 77.6 Å². The van der Waals surface area contributed by atoms with Crippen molar-refractivity contribution >= 4 is 54.3 Å². The zero-order valence-electron chi connectivity index (χ0n) is 27.3. The first-order valence-electron chi connectivity index (χ1n) is 15.5. The molecule has 1 aliphatic heterocycles. The number of rotatable bonds is 18. The number of unbranched alkanes of at least 4 members (excludes halogenated alkanes) is 4. The van der Waals surface area contributed by atoms with Gasteiger partial charge in [-0.3, -0.25) is 9.59 Å². The van der Waals surface area contributed by atoms with Gasteiger partial charge in [-0.15, -0.1) is 0 Å². The van der Waals surface area contributed by atoms with E-state index in [-0.39, 0.29) is 29.7 Å². The first-order valence-corrected chi connectivity index (χ1v) is 30.2. The Morgan fingerprint density at radius 2 is 1.25 bits per heavy atom. The van der Waals surface area contributed by atoms with Gasteiger partial charge in [0.2, 0.25) is 0 Å². The lowest BCUT2D eigenvalue weighted by Crippen LogP contribution is -2.59. The number of hydrogen-bond donors (Lipinski definition) is 0. The summed E-state index contributed by atoms with van der Waals surface area (Å²) in [6.45, 7) is 24.5. The summed E-state index contributed by atoms with van der Waals surface area (Å²) in [5, 5.41) is 0. The monoisotopic (exact) mass is 646 g/mol. The fraction of sp³-hybridized carbons (Fsp3) is 0.857. The van der Waals surface area contributed by atoms with Gasteiger partial charge in [0.05, 0.1) is 11.8 Å². The van der Waals surface area contributed by atoms with E-state index in [2.05, 4.69) is 78.5 Å². The smallest absolute Gasteiger partial charge is 0.318 e. The van der Waals surface area contributed by atoms with Crippen molar-refractivity contribution < 1.29 is 30.8 Å². The molecule has 12 heteroatoms. The Balaban J connectivity index is 2.07. The maximum Gasteiger partial charge on any atom is 0.318 e. The summed E-state index contributed by atoms with van der Waals surface area (Å²) in [4.78, 5) is 24.4. The quantitative estimate of drug-likeness (QED) is 0.0488. The number of esters is 2. The van der Waals surface area contributed by atoms with E-state index in [1.54, 1.807) is 0 Å². The van der Waals surface area contributed by atoms with Crippen molar-refractivity contribution in [2.24, 2.45) is 17.8 Å². The van der Waals surface area contributed by atoms with Gasteiger partial charge in [0.25, 0.3) is 0 Å². The summed E-state index contributed by atoms with van der Waals surface area (Å²) in [5.41, 5.74) is 0. The fourth-order valence-corrected chi connectivity index (χ4v) is 30.1. The number of fused-ring (bicyclic) bond motifs is 1. The van der Waals surface area contributed by atoms with Crippen LogP contribution in [0, 0.1) is 17.8 Å². The minimum absolute atomic E-state index is 0.0664. The third-order valence-electron chi connectivity index (χ3n) is 7.31. The molecule has 0 radical (unpaired) electrons. The van der Waals surface area contributed by atoms with Crippen LogP contribution in [0.15, 0.2) is 12.2 Å². The SMILES string of the molecule is CCCCCC[Si](C)(O[Si](C)(C)C)O[Si](C)(C)O[Si](C)(CCCCC1C=CCC2C(=O)OC(=O)C12)O[Si](C)(C)C. The Hall–Kier alpha value is -0.196. The normalized spacial score (nSPS) is 24.9. The van der Waals surface area contributed by atoms with Gasteiger partial charge >= 0.3 is 37.6 Å². The number of carbonyl (C=O) groups excluding carboxylic acids is 2. The Bertz CT molecular complexity index is 885. The molecule has 5 atom stereocenters. The highest BCUT2D eigenvalue weighted by Crippen LogP contribution is 2.40. The van der Waals surface area contributed by atoms with Crippen molar-refractivity contribution in [3.8, 4) is 0 Å². The Morgan fingerprint density at radius 3 is 1.75 bits per heavy atom. The molecule has 7 nitrogen and oxygen atoms in total. The summed E-state index contributed by atoms with van der Waals surface area (Å²) in [6.07, 6.45) is 12.4. The van der Waals surface area contributed by atoms with Crippen molar-refractivity contribution in [2.45, 2.75) is 136 Å². The van der Waals surface area contributed by atoms with Crippen LogP contribution in [0.5, 0.6) is 0 Å². The van der Waals surface area contributed by atoms with E-state index in [4.69, 9.17) is 21.2 Å². The number of ether oxygens (including phenoxy) is 1. The predicted molar refractivity (Wildman–Crippen MR) is 175 cm³/mol. The van der Waals surface area contributed by atoms with E-state index in [0.29, 0.717) is 6.42 Å². The maximum absolute atomic E-state index is 12.3. The minimum Gasteiger partial charge on any atom is -0.437 e. The largest absolute Gasteiger partial charge is 0.437 e. The van der Waals surface area contributed by atoms with Crippen LogP contribution in [0.3, 0.4) is 0 Å². The highest BCUT2D eigenvalue weighted by Gasteiger charge is 2.49. The molecule has 0 aromatic carbocycles. The Kier molecular flexibility index (Phi) is 13.1. The van der Waals surface area contributed by atoms with Crippen LogP contribution < -0.4 is 0 Å². The minimum atomic E-state index is -2.56. The fourth-order valence-electron chi connectivity index (χ4n) is 6.37. The molecule has 5 unspecified atom stereocenters. The third-order valence-corrected chi connectivity index (χ3v) is 25.6. The summed E-state index contributed by atoms with van der Waals surface area (Å²) in [7, 11) is -11.2. The van der Waals surface area contributed by atoms with E-state index in [0.717, 1.165) is 37.8 Å². The molecular weight excluding hydrogens is 589 g/mol. The van der Waals surface area contributed by atoms with Crippen molar-refractivity contribution in [3.63, 3.8) is 0 Å². The second-order valence-corrected chi connectivity index (χ2v) is 34.6. The van der Waals surface area contributed by atoms with E-state index in [1.165, 1.54) is 19.3 Å². The zero-order chi connectivity index (χ0) is 30.4. The van der Waals surface area contributed by atoms with E-state index >= 15 is 0 Å². The maximum atomic E-state index is 12.3. The second-order valence-electron chi connectivity index (χ2n) is 14.6. The molecule has 232 valence electrons. The molecule has 2 rings (SSSR count). The van der Waals surface area contributed by atoms with Crippen LogP contribution in [0.4, 0.5) is 0 Å². The van der Waals surface area contributed by atoms with Gasteiger partial charge in [-0.1, -0.05) is 57.6 Å². The lowest BCUT2D eigenvalue weighted by molar-refractivity contribution is -0.154. The molecule has 1 aliphatic carbocycles. The van der Waals surface area contributed by atoms with E-state index in [9.17, 15) is 9.59 Å². The van der Waals surface area contributed by atoms with E-state index < -0.39 is 42.3 Å². The number of cyclic esters (lactones) is 2. The third kappa shape index (κ3) is 12.2. The van der Waals surface area contributed by atoms with Gasteiger partial charge in [0.1, 0.15) is 0 Å². The molecule has 1 saturated heterocycles. The molecule has 0 aromatic heterocycles. The molecule has 2 aliphatic rings. The number of allylic oxidation sites excluding steroid dienone is 2. The molecule has 0 bridgehead atoms. The molecule has 40 heavy (non-hydrogen) atoms. The lowest BCUT2D eigenvalue weighted by atomic mass is 9.75. The van der Waals surface area contributed by atoms with Gasteiger partial charge < -0.3 is 21.2 Å². The Morgan fingerprint density at radius 1 is 0.725 bits per heavy atom. The summed E-state index contributed by atoms with van der Waals surface area (Å²) in [5.74, 6) is -1.25. The number of hydrogen-bond acceptors (Lipinski definition) is 7. The number of carbonyl (C=O) groups is 2. The Labute approximate surface area is 250 Å². The molecule has 0 spiro atoms. The van der Waals surface area contributed by atoms with Crippen LogP contribution in [0.1, 0.15) is 58.3 Å². The van der Waals surface area contributed by atoms with Gasteiger partial charge in [-0.25, -0.2) is 0 Å². The standard InChI is InChI=1S/C28H58O7Si5/c1-12-13-14-16-22-39(10,32-36(2,3)4)34-38(8,9)35-40(11,33-37(5,6)7)23-17-15-19-24-20-18-21-25-26(24)28(30)31-27(25)29/h18,20,24-26H,12-17,19,21-23H2,1-11H3. The molecular formula is C28H58O7Si5. The zero-order valence-corrected chi connectivity index (χ0v) is 32.3. The molecule has 0 amide bonds. The van der Waals surface area contributed by atoms with Crippen molar-refractivity contribution in [1.82, 2.24) is 0 Å². The highest BCUT2D eigenvalue weighted by atomic mass is 28.5. The van der Waals surface area contributed by atoms with Gasteiger partial charge in [0.15, 0.2) is 16.6 Å². The van der Waals surface area contributed by atoms with Crippen LogP contribution in [-0.2, 0) is 30.8 Å². The lowest BCUT2D eigenvalue weighted by Gasteiger charge is -2.44. The van der Waals surface area contributed by atoms with Crippen LogP contribution in [0.25, 0.3) is 0 Å². The molecule has 0 saturated carbocycles. The van der Waals surface area contributed by atoms with Crippen molar-refractivity contribution in [3.05, 3.63) is 12.2 Å². The first kappa shape index (κ1) is 36.0. The molecule has 1 heterocycles. The molecule has 0 N–H and O–H groups in total. The van der Waals surface area contributed by atoms with Crippen LogP contribution in [-0.4, -0.2) is 54.3 Å². The van der Waals surface area contributed by atoms with Crippen LogP contribution >= 0.6 is 0 Å². The highest BCUT2D eigenvalue weighted by molar-refractivity contribution is 6.90. The average molecular weight is 647 g/mol. The summed E-state index contributed by atoms with van der Waals surface area (Å²) >= 11 is 0. The predicted octanol–water partition coefficient (Wildman–Crippen LogP) is 8.21.